The number of rotatable bonds is 10. The van der Waals surface area contributed by atoms with Gasteiger partial charge in [-0.3, -0.25) is 14.8 Å². The van der Waals surface area contributed by atoms with E-state index in [0.29, 0.717) is 17.5 Å². The Morgan fingerprint density at radius 3 is 2.34 bits per heavy atom. The minimum absolute atomic E-state index is 0.00313. The van der Waals surface area contributed by atoms with Crippen LogP contribution >= 0.6 is 11.8 Å². The monoisotopic (exact) mass is 540 g/mol. The molecule has 0 saturated carbocycles. The highest BCUT2D eigenvalue weighted by molar-refractivity contribution is 7.99. The summed E-state index contributed by atoms with van der Waals surface area (Å²) in [4.78, 5) is 20.1. The van der Waals surface area contributed by atoms with Crippen LogP contribution in [0.1, 0.15) is 61.8 Å². The van der Waals surface area contributed by atoms with Crippen molar-refractivity contribution in [2.75, 3.05) is 30.3 Å². The van der Waals surface area contributed by atoms with Crippen LogP contribution in [0.15, 0.2) is 64.9 Å². The summed E-state index contributed by atoms with van der Waals surface area (Å²) in [5, 5.41) is 18.2. The van der Waals surface area contributed by atoms with Crippen molar-refractivity contribution < 1.29 is 4.79 Å². The lowest BCUT2D eigenvalue weighted by atomic mass is 10.3. The van der Waals surface area contributed by atoms with Crippen LogP contribution in [0.4, 0.5) is 17.3 Å². The SMILES string of the molecule is CC.CC.CC.CCCN(CC)CC(=O)Nc1ccc(Sc2nc(Nc3ccn[nH]3)c3cccn3n2)cc1. The molecule has 208 valence electrons. The van der Waals surface area contributed by atoms with Crippen molar-refractivity contribution in [3.05, 3.63) is 54.9 Å². The predicted octanol–water partition coefficient (Wildman–Crippen LogP) is 7.10. The van der Waals surface area contributed by atoms with E-state index < -0.39 is 0 Å². The van der Waals surface area contributed by atoms with Crippen molar-refractivity contribution in [1.29, 1.82) is 0 Å². The lowest BCUT2D eigenvalue weighted by molar-refractivity contribution is -0.117. The number of hydrogen-bond donors (Lipinski definition) is 3. The Morgan fingerprint density at radius 1 is 1.03 bits per heavy atom. The van der Waals surface area contributed by atoms with Crippen molar-refractivity contribution in [3.63, 3.8) is 0 Å². The van der Waals surface area contributed by atoms with Gasteiger partial charge in [0.1, 0.15) is 11.3 Å². The third-order valence-electron chi connectivity index (χ3n) is 4.83. The van der Waals surface area contributed by atoms with Crippen LogP contribution in [0.2, 0.25) is 0 Å². The molecule has 3 heterocycles. The zero-order valence-electron chi connectivity index (χ0n) is 24.1. The molecule has 0 spiro atoms. The summed E-state index contributed by atoms with van der Waals surface area (Å²) in [5.74, 6) is 1.44. The van der Waals surface area contributed by atoms with Gasteiger partial charge in [-0.05, 0) is 67.7 Å². The molecule has 0 atom stereocenters. The third kappa shape index (κ3) is 10.2. The fourth-order valence-electron chi connectivity index (χ4n) is 3.28. The lowest BCUT2D eigenvalue weighted by Crippen LogP contribution is -2.33. The first kappa shape index (κ1) is 32.7. The van der Waals surface area contributed by atoms with E-state index in [1.807, 2.05) is 90.2 Å². The highest BCUT2D eigenvalue weighted by Crippen LogP contribution is 2.28. The first-order valence-corrected chi connectivity index (χ1v) is 14.4. The number of amides is 1. The first-order valence-electron chi connectivity index (χ1n) is 13.6. The summed E-state index contributed by atoms with van der Waals surface area (Å²) in [5.41, 5.74) is 1.64. The Morgan fingerprint density at radius 2 is 1.74 bits per heavy atom. The minimum atomic E-state index is -0.00313. The van der Waals surface area contributed by atoms with Crippen LogP contribution in [0.5, 0.6) is 0 Å². The number of H-pyrrole nitrogens is 1. The van der Waals surface area contributed by atoms with Gasteiger partial charge in [0.15, 0.2) is 5.82 Å². The second kappa shape index (κ2) is 18.8. The molecular weight excluding hydrogens is 496 g/mol. The van der Waals surface area contributed by atoms with Crippen molar-refractivity contribution in [3.8, 4) is 0 Å². The summed E-state index contributed by atoms with van der Waals surface area (Å²) >= 11 is 1.45. The number of carbonyl (C=O) groups is 1. The molecule has 1 amide bonds. The second-order valence-electron chi connectivity index (χ2n) is 7.22. The molecule has 0 radical (unpaired) electrons. The number of anilines is 3. The average molecular weight is 541 g/mol. The summed E-state index contributed by atoms with van der Waals surface area (Å²) in [7, 11) is 0. The maximum Gasteiger partial charge on any atom is 0.238 e. The molecule has 0 fully saturated rings. The number of nitrogens with one attached hydrogen (secondary N) is 3. The van der Waals surface area contributed by atoms with Gasteiger partial charge in [-0.1, -0.05) is 55.4 Å². The standard InChI is InChI=1S/C22H26N8OS.3C2H6/c1-3-13-29(4-2)15-20(31)24-16-7-9-17(10-8-16)32-22-26-21(25-19-11-12-23-27-19)18-6-5-14-30(18)28-22;3*1-2/h5-12,14H,3-4,13,15H2,1-2H3,(H,24,31)(H2,23,25,26,27,28);3*1-2H3. The molecule has 9 nitrogen and oxygen atoms in total. The van der Waals surface area contributed by atoms with Gasteiger partial charge < -0.3 is 10.6 Å². The van der Waals surface area contributed by atoms with E-state index in [1.165, 1.54) is 11.8 Å². The highest BCUT2D eigenvalue weighted by Gasteiger charge is 2.11. The van der Waals surface area contributed by atoms with E-state index >= 15 is 0 Å². The highest BCUT2D eigenvalue weighted by atomic mass is 32.2. The van der Waals surface area contributed by atoms with E-state index in [1.54, 1.807) is 10.7 Å². The molecule has 0 aliphatic rings. The molecule has 0 unspecified atom stereocenters. The van der Waals surface area contributed by atoms with Gasteiger partial charge in [0, 0.05) is 22.8 Å². The molecule has 4 aromatic rings. The van der Waals surface area contributed by atoms with Gasteiger partial charge in [-0.2, -0.15) is 5.10 Å². The van der Waals surface area contributed by atoms with Gasteiger partial charge in [0.2, 0.25) is 11.1 Å². The molecule has 3 N–H and O–H groups in total. The Kier molecular flexibility index (Phi) is 16.2. The summed E-state index contributed by atoms with van der Waals surface area (Å²) in [6.07, 6.45) is 4.59. The predicted molar refractivity (Wildman–Crippen MR) is 161 cm³/mol. The van der Waals surface area contributed by atoms with Crippen LogP contribution in [0.3, 0.4) is 0 Å². The molecule has 3 aromatic heterocycles. The lowest BCUT2D eigenvalue weighted by Gasteiger charge is -2.18. The van der Waals surface area contributed by atoms with Gasteiger partial charge >= 0.3 is 0 Å². The number of carbonyl (C=O) groups excluding carboxylic acids is 1. The molecule has 1 aromatic carbocycles. The van der Waals surface area contributed by atoms with Crippen molar-refractivity contribution in [2.24, 2.45) is 0 Å². The van der Waals surface area contributed by atoms with E-state index in [-0.39, 0.29) is 5.91 Å². The Balaban J connectivity index is 0.00000112. The Bertz CT molecular complexity index is 1160. The smallest absolute Gasteiger partial charge is 0.238 e. The third-order valence-corrected chi connectivity index (χ3v) is 5.69. The maximum atomic E-state index is 12.3. The number of fused-ring (bicyclic) bond motifs is 1. The van der Waals surface area contributed by atoms with E-state index in [0.717, 1.165) is 41.4 Å². The van der Waals surface area contributed by atoms with Crippen molar-refractivity contribution >= 4 is 40.5 Å². The van der Waals surface area contributed by atoms with E-state index in [4.69, 9.17) is 0 Å². The van der Waals surface area contributed by atoms with E-state index in [9.17, 15) is 4.79 Å². The molecular formula is C28H44N8OS. The van der Waals surface area contributed by atoms with Crippen LogP contribution < -0.4 is 10.6 Å². The molecule has 38 heavy (non-hydrogen) atoms. The largest absolute Gasteiger partial charge is 0.325 e. The van der Waals surface area contributed by atoms with Crippen molar-refractivity contribution in [1.82, 2.24) is 29.7 Å². The zero-order valence-corrected chi connectivity index (χ0v) is 24.9. The number of nitrogens with zero attached hydrogens (tertiary/aromatic N) is 5. The molecule has 10 heteroatoms. The quantitative estimate of drug-likeness (QED) is 0.197. The van der Waals surface area contributed by atoms with Gasteiger partial charge in [-0.25, -0.2) is 9.50 Å². The maximum absolute atomic E-state index is 12.3. The normalized spacial score (nSPS) is 9.92. The molecule has 0 saturated heterocycles. The topological polar surface area (TPSA) is 103 Å². The Hall–Kier alpha value is -3.37. The summed E-state index contributed by atoms with van der Waals surface area (Å²) in [6.45, 7) is 18.4. The number of benzene rings is 1. The van der Waals surface area contributed by atoms with Gasteiger partial charge in [0.05, 0.1) is 12.7 Å². The fourth-order valence-corrected chi connectivity index (χ4v) is 4.03. The second-order valence-corrected chi connectivity index (χ2v) is 8.26. The molecule has 0 bridgehead atoms. The zero-order chi connectivity index (χ0) is 28.3. The van der Waals surface area contributed by atoms with E-state index in [2.05, 4.69) is 49.7 Å². The fraction of sp³-hybridized carbons (Fsp3) is 0.429. The summed E-state index contributed by atoms with van der Waals surface area (Å²) in [6, 6.07) is 13.4. The number of aromatic amines is 1. The van der Waals surface area contributed by atoms with Gasteiger partial charge in [0.25, 0.3) is 0 Å². The number of likely N-dealkylation sites (N-methyl/N-ethyl adjacent to an activating group) is 1. The summed E-state index contributed by atoms with van der Waals surface area (Å²) < 4.78 is 1.79. The number of aromatic nitrogens is 5. The molecule has 0 aliphatic carbocycles. The van der Waals surface area contributed by atoms with Gasteiger partial charge in [-0.15, -0.1) is 5.10 Å². The first-order chi connectivity index (χ1) is 18.6. The van der Waals surface area contributed by atoms with Crippen LogP contribution in [0, 0.1) is 0 Å². The Labute approximate surface area is 231 Å². The van der Waals surface area contributed by atoms with Crippen LogP contribution in [-0.4, -0.2) is 55.2 Å². The van der Waals surface area contributed by atoms with Crippen molar-refractivity contribution in [2.45, 2.75) is 71.9 Å². The van der Waals surface area contributed by atoms with Crippen LogP contribution in [-0.2, 0) is 4.79 Å². The molecule has 4 rings (SSSR count). The van der Waals surface area contributed by atoms with Crippen LogP contribution in [0.25, 0.3) is 5.52 Å². The average Bonchev–Trinajstić information content (AvgIpc) is 3.65. The number of hydrogen-bond acceptors (Lipinski definition) is 7. The minimum Gasteiger partial charge on any atom is -0.325 e. The molecule has 0 aliphatic heterocycles.